The fraction of sp³-hybridized carbons (Fsp3) is 0.300. The summed E-state index contributed by atoms with van der Waals surface area (Å²) in [5.74, 6) is -8.97. The Balaban J connectivity index is 1.87. The Morgan fingerprint density at radius 2 is 1.71 bits per heavy atom. The van der Waals surface area contributed by atoms with Gasteiger partial charge >= 0.3 is 6.36 Å². The van der Waals surface area contributed by atoms with Gasteiger partial charge in [-0.15, -0.1) is 13.2 Å². The number of hydrogen-bond acceptors (Lipinski definition) is 3. The number of nitrogens with one attached hydrogen (secondary N) is 1. The van der Waals surface area contributed by atoms with Gasteiger partial charge in [0.25, 0.3) is 0 Å². The van der Waals surface area contributed by atoms with Gasteiger partial charge in [-0.1, -0.05) is 12.1 Å². The maximum atomic E-state index is 13.9. The molecular formula is C20H16F6N2O3. The molecule has 1 aliphatic rings. The second kappa shape index (κ2) is 8.48. The summed E-state index contributed by atoms with van der Waals surface area (Å²) < 4.78 is 81.3. The maximum absolute atomic E-state index is 13.9. The van der Waals surface area contributed by atoms with Gasteiger partial charge in [-0.2, -0.15) is 0 Å². The third kappa shape index (κ3) is 4.92. The molecule has 0 saturated carbocycles. The number of anilines is 1. The molecule has 1 aliphatic heterocycles. The number of alkyl halides is 3. The number of rotatable bonds is 4. The minimum absolute atomic E-state index is 0.271. The number of amides is 2. The Bertz CT molecular complexity index is 994. The van der Waals surface area contributed by atoms with Crippen molar-refractivity contribution in [2.24, 2.45) is 5.92 Å². The van der Waals surface area contributed by atoms with Gasteiger partial charge in [0.05, 0.1) is 5.69 Å². The molecule has 0 bridgehead atoms. The summed E-state index contributed by atoms with van der Waals surface area (Å²) in [6.45, 7) is 0.271. The molecule has 1 fully saturated rings. The first-order valence-electron chi connectivity index (χ1n) is 9.03. The summed E-state index contributed by atoms with van der Waals surface area (Å²) in [5.41, 5.74) is -0.250. The molecule has 11 heteroatoms. The topological polar surface area (TPSA) is 58.6 Å². The number of piperidine rings is 1. The molecule has 31 heavy (non-hydrogen) atoms. The second-order valence-electron chi connectivity index (χ2n) is 6.96. The lowest BCUT2D eigenvalue weighted by Gasteiger charge is -2.35. The van der Waals surface area contributed by atoms with Crippen molar-refractivity contribution in [1.82, 2.24) is 4.90 Å². The summed E-state index contributed by atoms with van der Waals surface area (Å²) in [7, 11) is 1.46. The molecule has 0 unspecified atom stereocenters. The zero-order chi connectivity index (χ0) is 22.9. The molecule has 2 aromatic rings. The summed E-state index contributed by atoms with van der Waals surface area (Å²) in [4.78, 5) is 26.7. The Labute approximate surface area is 172 Å². The van der Waals surface area contributed by atoms with Gasteiger partial charge in [-0.05, 0) is 36.2 Å². The lowest BCUT2D eigenvalue weighted by molar-refractivity contribution is -0.274. The second-order valence-corrected chi connectivity index (χ2v) is 6.96. The fourth-order valence-corrected chi connectivity index (χ4v) is 3.42. The van der Waals surface area contributed by atoms with Crippen LogP contribution in [0.2, 0.25) is 0 Å². The predicted molar refractivity (Wildman–Crippen MR) is 96.6 cm³/mol. The first-order chi connectivity index (χ1) is 14.5. The highest BCUT2D eigenvalue weighted by atomic mass is 19.4. The SMILES string of the molecule is CN1CC[C@H](c2ccc(OC(F)(F)F)cc2)[C@@H](C(=O)Nc2ccc(F)c(F)c2F)C1=O. The van der Waals surface area contributed by atoms with Gasteiger partial charge in [-0.3, -0.25) is 9.59 Å². The van der Waals surface area contributed by atoms with Crippen LogP contribution in [0, 0.1) is 23.4 Å². The molecule has 3 rings (SSSR count). The highest BCUT2D eigenvalue weighted by molar-refractivity contribution is 6.07. The number of carbonyl (C=O) groups is 2. The van der Waals surface area contributed by atoms with E-state index in [2.05, 4.69) is 10.1 Å². The van der Waals surface area contributed by atoms with Crippen LogP contribution in [0.4, 0.5) is 32.0 Å². The molecule has 2 atom stereocenters. The van der Waals surface area contributed by atoms with E-state index >= 15 is 0 Å². The molecule has 0 radical (unpaired) electrons. The van der Waals surface area contributed by atoms with Crippen molar-refractivity contribution in [2.75, 3.05) is 18.9 Å². The van der Waals surface area contributed by atoms with Gasteiger partial charge in [-0.25, -0.2) is 13.2 Å². The summed E-state index contributed by atoms with van der Waals surface area (Å²) >= 11 is 0. The normalized spacial score (nSPS) is 19.3. The van der Waals surface area contributed by atoms with E-state index in [-0.39, 0.29) is 6.54 Å². The molecule has 0 spiro atoms. The molecule has 5 nitrogen and oxygen atoms in total. The minimum atomic E-state index is -4.87. The van der Waals surface area contributed by atoms with Crippen molar-refractivity contribution in [2.45, 2.75) is 18.7 Å². The molecule has 1 heterocycles. The van der Waals surface area contributed by atoms with Crippen molar-refractivity contribution >= 4 is 17.5 Å². The minimum Gasteiger partial charge on any atom is -0.406 e. The van der Waals surface area contributed by atoms with E-state index in [1.54, 1.807) is 0 Å². The fourth-order valence-electron chi connectivity index (χ4n) is 3.42. The average Bonchev–Trinajstić information content (AvgIpc) is 2.69. The Kier molecular flexibility index (Phi) is 6.14. The van der Waals surface area contributed by atoms with E-state index in [0.717, 1.165) is 18.2 Å². The van der Waals surface area contributed by atoms with Crippen LogP contribution in [-0.2, 0) is 9.59 Å². The average molecular weight is 446 g/mol. The Hall–Kier alpha value is -3.24. The number of halogens is 6. The van der Waals surface area contributed by atoms with Gasteiger partial charge in [0.2, 0.25) is 11.8 Å². The highest BCUT2D eigenvalue weighted by Gasteiger charge is 2.41. The lowest BCUT2D eigenvalue weighted by atomic mass is 9.79. The van der Waals surface area contributed by atoms with Crippen molar-refractivity contribution in [3.8, 4) is 5.75 Å². The first kappa shape index (κ1) is 22.4. The third-order valence-corrected chi connectivity index (χ3v) is 4.94. The number of ether oxygens (including phenoxy) is 1. The van der Waals surface area contributed by atoms with Crippen LogP contribution < -0.4 is 10.1 Å². The third-order valence-electron chi connectivity index (χ3n) is 4.94. The number of benzene rings is 2. The van der Waals surface area contributed by atoms with Gasteiger partial charge in [0.1, 0.15) is 11.7 Å². The summed E-state index contributed by atoms with van der Waals surface area (Å²) in [6, 6.07) is 6.14. The van der Waals surface area contributed by atoms with E-state index in [4.69, 9.17) is 0 Å². The van der Waals surface area contributed by atoms with Crippen molar-refractivity contribution in [3.63, 3.8) is 0 Å². The van der Waals surface area contributed by atoms with Gasteiger partial charge in [0.15, 0.2) is 17.5 Å². The number of hydrogen-bond donors (Lipinski definition) is 1. The van der Waals surface area contributed by atoms with E-state index in [1.807, 2.05) is 0 Å². The summed E-state index contributed by atoms with van der Waals surface area (Å²) in [6.07, 6.45) is -4.58. The van der Waals surface area contributed by atoms with E-state index in [9.17, 15) is 35.9 Å². The van der Waals surface area contributed by atoms with Crippen molar-refractivity contribution in [3.05, 3.63) is 59.4 Å². The quantitative estimate of drug-likeness (QED) is 0.435. The Morgan fingerprint density at radius 1 is 1.06 bits per heavy atom. The maximum Gasteiger partial charge on any atom is 0.573 e. The molecule has 0 aliphatic carbocycles. The zero-order valence-electron chi connectivity index (χ0n) is 16.0. The van der Waals surface area contributed by atoms with E-state index in [1.165, 1.54) is 24.1 Å². The van der Waals surface area contributed by atoms with Crippen LogP contribution in [0.15, 0.2) is 36.4 Å². The van der Waals surface area contributed by atoms with Crippen molar-refractivity contribution in [1.29, 1.82) is 0 Å². The molecule has 166 valence electrons. The van der Waals surface area contributed by atoms with Crippen LogP contribution in [0.25, 0.3) is 0 Å². The predicted octanol–water partition coefficient (Wildman–Crippen LogP) is 4.20. The van der Waals surface area contributed by atoms with Gasteiger partial charge in [0, 0.05) is 19.5 Å². The van der Waals surface area contributed by atoms with Crippen LogP contribution in [0.5, 0.6) is 5.75 Å². The van der Waals surface area contributed by atoms with Crippen LogP contribution in [-0.4, -0.2) is 36.7 Å². The van der Waals surface area contributed by atoms with Gasteiger partial charge < -0.3 is 15.0 Å². The van der Waals surface area contributed by atoms with Crippen LogP contribution in [0.3, 0.4) is 0 Å². The number of carbonyl (C=O) groups excluding carboxylic acids is 2. The lowest BCUT2D eigenvalue weighted by Crippen LogP contribution is -2.47. The number of likely N-dealkylation sites (tertiary alicyclic amines) is 1. The molecule has 0 aromatic heterocycles. The summed E-state index contributed by atoms with van der Waals surface area (Å²) in [5, 5.41) is 2.10. The highest BCUT2D eigenvalue weighted by Crippen LogP contribution is 2.36. The molecule has 2 amide bonds. The van der Waals surface area contributed by atoms with E-state index < -0.39 is 58.9 Å². The van der Waals surface area contributed by atoms with E-state index in [0.29, 0.717) is 18.1 Å². The monoisotopic (exact) mass is 446 g/mol. The zero-order valence-corrected chi connectivity index (χ0v) is 16.0. The molecular weight excluding hydrogens is 430 g/mol. The van der Waals surface area contributed by atoms with Crippen molar-refractivity contribution < 1.29 is 40.7 Å². The molecule has 2 aromatic carbocycles. The smallest absolute Gasteiger partial charge is 0.406 e. The largest absolute Gasteiger partial charge is 0.573 e. The molecule has 1 saturated heterocycles. The Morgan fingerprint density at radius 3 is 2.32 bits per heavy atom. The van der Waals surface area contributed by atoms with Crippen LogP contribution >= 0.6 is 0 Å². The molecule has 1 N–H and O–H groups in total. The van der Waals surface area contributed by atoms with Crippen LogP contribution in [0.1, 0.15) is 17.9 Å². The standard InChI is InChI=1S/C20H16F6N2O3/c1-28-9-8-12(10-2-4-11(5-3-10)31-20(24,25)26)15(19(28)30)18(29)27-14-7-6-13(21)16(22)17(14)23/h2-7,12,15H,8-9H2,1H3,(H,27,29)/t12-,15+/m1/s1. The first-order valence-corrected chi connectivity index (χ1v) is 9.03. The number of nitrogens with zero attached hydrogens (tertiary/aromatic N) is 1.